The summed E-state index contributed by atoms with van der Waals surface area (Å²) in [5.41, 5.74) is 2.08. The van der Waals surface area contributed by atoms with Crippen LogP contribution in [0, 0.1) is 0 Å². The van der Waals surface area contributed by atoms with Crippen molar-refractivity contribution >= 4 is 33.3 Å². The van der Waals surface area contributed by atoms with Crippen molar-refractivity contribution in [1.29, 1.82) is 0 Å². The molecular formula is C19H22N2O2S2. The van der Waals surface area contributed by atoms with Crippen molar-refractivity contribution in [2.75, 3.05) is 7.11 Å². The summed E-state index contributed by atoms with van der Waals surface area (Å²) in [4.78, 5) is 17.5. The minimum absolute atomic E-state index is 0.0910. The van der Waals surface area contributed by atoms with Crippen molar-refractivity contribution in [3.63, 3.8) is 0 Å². The molecule has 2 aromatic heterocycles. The zero-order valence-corrected chi connectivity index (χ0v) is 16.2. The molecular weight excluding hydrogens is 352 g/mol. The first-order chi connectivity index (χ1) is 12.2. The third-order valence-corrected chi connectivity index (χ3v) is 5.98. The zero-order chi connectivity index (χ0) is 17.6. The van der Waals surface area contributed by atoms with Gasteiger partial charge in [0.1, 0.15) is 10.4 Å². The maximum atomic E-state index is 12.8. The Kier molecular flexibility index (Phi) is 6.15. The molecule has 0 aliphatic heterocycles. The lowest BCUT2D eigenvalue weighted by molar-refractivity contribution is 0.414. The normalized spacial score (nSPS) is 11.1. The van der Waals surface area contributed by atoms with Crippen LogP contribution >= 0.6 is 23.1 Å². The van der Waals surface area contributed by atoms with Crippen LogP contribution in [0.4, 0.5) is 0 Å². The van der Waals surface area contributed by atoms with Crippen LogP contribution in [0.2, 0.25) is 0 Å². The van der Waals surface area contributed by atoms with Gasteiger partial charge < -0.3 is 4.74 Å². The molecule has 0 saturated heterocycles. The van der Waals surface area contributed by atoms with Gasteiger partial charge in [-0.05, 0) is 35.6 Å². The van der Waals surface area contributed by atoms with E-state index in [1.807, 2.05) is 28.1 Å². The second-order valence-electron chi connectivity index (χ2n) is 5.83. The third-order valence-electron chi connectivity index (χ3n) is 4.04. The van der Waals surface area contributed by atoms with Crippen molar-refractivity contribution in [3.05, 3.63) is 51.6 Å². The van der Waals surface area contributed by atoms with E-state index < -0.39 is 0 Å². The van der Waals surface area contributed by atoms with Crippen LogP contribution in [-0.2, 0) is 12.3 Å². The molecule has 4 nitrogen and oxygen atoms in total. The molecule has 1 aromatic carbocycles. The first-order valence-corrected chi connectivity index (χ1v) is 10.3. The predicted octanol–water partition coefficient (Wildman–Crippen LogP) is 4.95. The Hall–Kier alpha value is -1.79. The monoisotopic (exact) mass is 374 g/mol. The number of unbranched alkanes of at least 4 members (excludes halogenated alkanes) is 2. The molecule has 25 heavy (non-hydrogen) atoms. The highest BCUT2D eigenvalue weighted by Crippen LogP contribution is 2.25. The largest absolute Gasteiger partial charge is 0.497 e. The number of methoxy groups -OCH3 is 1. The Bertz CT molecular complexity index is 885. The third kappa shape index (κ3) is 4.25. The lowest BCUT2D eigenvalue weighted by Gasteiger charge is -2.12. The zero-order valence-electron chi connectivity index (χ0n) is 14.5. The number of thioether (sulfide) groups is 1. The summed E-state index contributed by atoms with van der Waals surface area (Å²) in [7, 11) is 1.67. The molecule has 0 atom stereocenters. The molecule has 132 valence electrons. The van der Waals surface area contributed by atoms with E-state index in [2.05, 4.69) is 19.1 Å². The van der Waals surface area contributed by atoms with Crippen LogP contribution in [0.25, 0.3) is 10.2 Å². The molecule has 0 unspecified atom stereocenters. The standard InChI is InChI=1S/C19H22N2O2S2/c1-3-4-5-11-21-18(22)17-16(10-12-24-17)20-19(21)25-13-14-6-8-15(23-2)9-7-14/h6-10,12H,3-5,11,13H2,1-2H3. The number of fused-ring (bicyclic) bond motifs is 1. The Morgan fingerprint density at radius 2 is 2.00 bits per heavy atom. The van der Waals surface area contributed by atoms with Gasteiger partial charge in [0.05, 0.1) is 12.6 Å². The van der Waals surface area contributed by atoms with Gasteiger partial charge in [-0.1, -0.05) is 43.7 Å². The molecule has 0 spiro atoms. The number of thiophene rings is 1. The minimum Gasteiger partial charge on any atom is -0.497 e. The van der Waals surface area contributed by atoms with Crippen LogP contribution in [0.1, 0.15) is 31.7 Å². The van der Waals surface area contributed by atoms with Crippen LogP contribution in [0.5, 0.6) is 5.75 Å². The van der Waals surface area contributed by atoms with Crippen molar-refractivity contribution in [2.45, 2.75) is 43.6 Å². The van der Waals surface area contributed by atoms with E-state index in [9.17, 15) is 4.79 Å². The molecule has 2 heterocycles. The topological polar surface area (TPSA) is 44.1 Å². The van der Waals surface area contributed by atoms with Gasteiger partial charge in [-0.2, -0.15) is 0 Å². The van der Waals surface area contributed by atoms with Gasteiger partial charge in [0.2, 0.25) is 0 Å². The summed E-state index contributed by atoms with van der Waals surface area (Å²) in [5, 5.41) is 2.75. The van der Waals surface area contributed by atoms with Gasteiger partial charge in [-0.3, -0.25) is 9.36 Å². The lowest BCUT2D eigenvalue weighted by atomic mass is 10.2. The van der Waals surface area contributed by atoms with E-state index in [1.165, 1.54) is 16.9 Å². The van der Waals surface area contributed by atoms with Gasteiger partial charge in [0, 0.05) is 12.3 Å². The predicted molar refractivity (Wildman–Crippen MR) is 106 cm³/mol. The molecule has 0 fully saturated rings. The summed E-state index contributed by atoms with van der Waals surface area (Å²) < 4.78 is 7.80. The molecule has 0 N–H and O–H groups in total. The first kappa shape index (κ1) is 18.0. The highest BCUT2D eigenvalue weighted by atomic mass is 32.2. The van der Waals surface area contributed by atoms with Crippen molar-refractivity contribution in [3.8, 4) is 5.75 Å². The second kappa shape index (κ2) is 8.54. The molecule has 3 rings (SSSR count). The summed E-state index contributed by atoms with van der Waals surface area (Å²) >= 11 is 3.10. The molecule has 0 bridgehead atoms. The number of ether oxygens (including phenoxy) is 1. The molecule has 0 aliphatic carbocycles. The van der Waals surface area contributed by atoms with Crippen LogP contribution < -0.4 is 10.3 Å². The van der Waals surface area contributed by atoms with Gasteiger partial charge in [-0.15, -0.1) is 11.3 Å². The maximum Gasteiger partial charge on any atom is 0.272 e. The minimum atomic E-state index is 0.0910. The van der Waals surface area contributed by atoms with Crippen molar-refractivity contribution < 1.29 is 4.74 Å². The second-order valence-corrected chi connectivity index (χ2v) is 7.69. The van der Waals surface area contributed by atoms with E-state index in [0.29, 0.717) is 0 Å². The van der Waals surface area contributed by atoms with Gasteiger partial charge in [0.25, 0.3) is 5.56 Å². The SMILES string of the molecule is CCCCCn1c(SCc2ccc(OC)cc2)nc2ccsc2c1=O. The van der Waals surface area contributed by atoms with Crippen molar-refractivity contribution in [2.24, 2.45) is 0 Å². The quantitative estimate of drug-likeness (QED) is 0.318. The maximum absolute atomic E-state index is 12.8. The highest BCUT2D eigenvalue weighted by molar-refractivity contribution is 7.98. The van der Waals surface area contributed by atoms with E-state index in [4.69, 9.17) is 9.72 Å². The van der Waals surface area contributed by atoms with E-state index in [1.54, 1.807) is 18.9 Å². The number of aromatic nitrogens is 2. The average Bonchev–Trinajstić information content (AvgIpc) is 3.11. The molecule has 0 saturated carbocycles. The van der Waals surface area contributed by atoms with Crippen molar-refractivity contribution in [1.82, 2.24) is 9.55 Å². The summed E-state index contributed by atoms with van der Waals surface area (Å²) in [6.07, 6.45) is 3.26. The van der Waals surface area contributed by atoms with E-state index in [0.717, 1.165) is 52.7 Å². The number of rotatable bonds is 8. The fraction of sp³-hybridized carbons (Fsp3) is 0.368. The van der Waals surface area contributed by atoms with Crippen LogP contribution in [-0.4, -0.2) is 16.7 Å². The Balaban J connectivity index is 1.84. The number of benzene rings is 1. The molecule has 6 heteroatoms. The van der Waals surface area contributed by atoms with Gasteiger partial charge >= 0.3 is 0 Å². The fourth-order valence-corrected chi connectivity index (χ4v) is 4.38. The molecule has 0 radical (unpaired) electrons. The summed E-state index contributed by atoms with van der Waals surface area (Å²) in [6, 6.07) is 9.94. The number of nitrogens with zero attached hydrogens (tertiary/aromatic N) is 2. The molecule has 3 aromatic rings. The summed E-state index contributed by atoms with van der Waals surface area (Å²) in [6.45, 7) is 2.90. The average molecular weight is 375 g/mol. The fourth-order valence-electron chi connectivity index (χ4n) is 2.62. The van der Waals surface area contributed by atoms with Gasteiger partial charge in [-0.25, -0.2) is 4.98 Å². The van der Waals surface area contributed by atoms with Gasteiger partial charge in [0.15, 0.2) is 5.16 Å². The number of hydrogen-bond acceptors (Lipinski definition) is 5. The highest BCUT2D eigenvalue weighted by Gasteiger charge is 2.12. The lowest BCUT2D eigenvalue weighted by Crippen LogP contribution is -2.22. The Morgan fingerprint density at radius 3 is 2.72 bits per heavy atom. The van der Waals surface area contributed by atoms with E-state index in [-0.39, 0.29) is 5.56 Å². The van der Waals surface area contributed by atoms with Crippen LogP contribution in [0.15, 0.2) is 45.7 Å². The molecule has 0 aliphatic rings. The Morgan fingerprint density at radius 1 is 1.20 bits per heavy atom. The Labute approximate surface area is 155 Å². The van der Waals surface area contributed by atoms with Crippen LogP contribution in [0.3, 0.4) is 0 Å². The smallest absolute Gasteiger partial charge is 0.272 e. The first-order valence-electron chi connectivity index (χ1n) is 8.46. The number of hydrogen-bond donors (Lipinski definition) is 0. The molecule has 0 amide bonds. The van der Waals surface area contributed by atoms with E-state index >= 15 is 0 Å². The summed E-state index contributed by atoms with van der Waals surface area (Å²) in [5.74, 6) is 1.63.